The predicted octanol–water partition coefficient (Wildman–Crippen LogP) is 5.41. The number of fused-ring (bicyclic) bond motifs is 3. The first-order valence-corrected chi connectivity index (χ1v) is 14.4. The summed E-state index contributed by atoms with van der Waals surface area (Å²) in [5.74, 6) is 2.23. The summed E-state index contributed by atoms with van der Waals surface area (Å²) in [4.78, 5) is 28.0. The number of benzene rings is 2. The highest BCUT2D eigenvalue weighted by atomic mass is 79.9. The number of guanidine groups is 1. The van der Waals surface area contributed by atoms with Crippen LogP contribution in [0.2, 0.25) is 0 Å². The van der Waals surface area contributed by atoms with Crippen molar-refractivity contribution >= 4 is 39.6 Å². The van der Waals surface area contributed by atoms with Gasteiger partial charge in [0, 0.05) is 12.6 Å². The number of imidazole rings is 1. The number of aromatic nitrogens is 2. The van der Waals surface area contributed by atoms with E-state index in [0.717, 1.165) is 30.8 Å². The number of nitrogens with one attached hydrogen (secondary N) is 1. The van der Waals surface area contributed by atoms with Crippen LogP contribution in [0, 0.1) is 0 Å². The lowest BCUT2D eigenvalue weighted by Crippen LogP contribution is -2.50. The molecule has 38 heavy (non-hydrogen) atoms. The van der Waals surface area contributed by atoms with E-state index in [-0.39, 0.29) is 17.7 Å². The zero-order chi connectivity index (χ0) is 26.2. The number of carbonyl (C=O) groups is 1. The Kier molecular flexibility index (Phi) is 6.86. The summed E-state index contributed by atoms with van der Waals surface area (Å²) in [7, 11) is 0. The van der Waals surface area contributed by atoms with Crippen molar-refractivity contribution in [1.29, 1.82) is 0 Å². The Morgan fingerprint density at radius 1 is 1.08 bits per heavy atom. The molecule has 198 valence electrons. The topological polar surface area (TPSA) is 86.0 Å². The molecule has 1 atom stereocenters. The van der Waals surface area contributed by atoms with E-state index < -0.39 is 0 Å². The molecule has 2 aromatic carbocycles. The number of aliphatic imine (C=N–C) groups is 1. The lowest BCUT2D eigenvalue weighted by atomic mass is 9.96. The van der Waals surface area contributed by atoms with Gasteiger partial charge >= 0.3 is 0 Å². The number of carbonyl (C=O) groups excluding carboxylic acids is 1. The largest absolute Gasteiger partial charge is 0.507 e. The molecule has 9 heteroatoms. The molecule has 1 fully saturated rings. The summed E-state index contributed by atoms with van der Waals surface area (Å²) >= 11 is 3.44. The molecular formula is C29H33BrN6O2. The van der Waals surface area contributed by atoms with E-state index in [9.17, 15) is 9.90 Å². The highest BCUT2D eigenvalue weighted by Gasteiger charge is 2.43. The maximum Gasteiger partial charge on any atom is 0.281 e. The van der Waals surface area contributed by atoms with Gasteiger partial charge in [0.1, 0.15) is 5.75 Å². The second-order valence-electron chi connectivity index (χ2n) is 10.4. The van der Waals surface area contributed by atoms with E-state index in [1.807, 2.05) is 29.7 Å². The molecule has 6 rings (SSSR count). The zero-order valence-electron chi connectivity index (χ0n) is 21.6. The Hall–Kier alpha value is -3.33. The molecule has 3 aliphatic rings. The van der Waals surface area contributed by atoms with Gasteiger partial charge in [-0.15, -0.1) is 0 Å². The van der Waals surface area contributed by atoms with Crippen LogP contribution in [0.25, 0.3) is 0 Å². The van der Waals surface area contributed by atoms with Crippen molar-refractivity contribution in [2.24, 2.45) is 4.99 Å². The van der Waals surface area contributed by atoms with Crippen LogP contribution in [0.5, 0.6) is 5.75 Å². The van der Waals surface area contributed by atoms with Gasteiger partial charge in [0.25, 0.3) is 5.91 Å². The van der Waals surface area contributed by atoms with Crippen LogP contribution in [-0.4, -0.2) is 56.6 Å². The lowest BCUT2D eigenvalue weighted by molar-refractivity contribution is 0.0836. The second-order valence-corrected chi connectivity index (χ2v) is 11.2. The Morgan fingerprint density at radius 2 is 1.87 bits per heavy atom. The van der Waals surface area contributed by atoms with Gasteiger partial charge in [-0.2, -0.15) is 4.98 Å². The number of anilines is 2. The minimum Gasteiger partial charge on any atom is -0.507 e. The van der Waals surface area contributed by atoms with Gasteiger partial charge in [-0.05, 0) is 65.4 Å². The fourth-order valence-corrected chi connectivity index (χ4v) is 6.25. The van der Waals surface area contributed by atoms with Crippen LogP contribution in [0.3, 0.4) is 0 Å². The second kappa shape index (κ2) is 10.4. The molecule has 3 aromatic rings. The Bertz CT molecular complexity index is 1360. The molecule has 8 nitrogen and oxygen atoms in total. The highest BCUT2D eigenvalue weighted by molar-refractivity contribution is 9.10. The molecule has 1 amide bonds. The van der Waals surface area contributed by atoms with Crippen molar-refractivity contribution in [3.63, 3.8) is 0 Å². The van der Waals surface area contributed by atoms with E-state index in [1.54, 1.807) is 11.0 Å². The van der Waals surface area contributed by atoms with Gasteiger partial charge in [-0.3, -0.25) is 19.2 Å². The minimum atomic E-state index is -0.0695. The third-order valence-corrected chi connectivity index (χ3v) is 8.38. The smallest absolute Gasteiger partial charge is 0.281 e. The SMILES string of the molecule is CCN1C(=O)c2c(nc(NC3CCCCC3)n2Cc2ccc(O)c(Br)c2)N2C[C@@H](Cc3ccccc3)N=C12. The molecule has 2 N–H and O–H groups in total. The quantitative estimate of drug-likeness (QED) is 0.393. The van der Waals surface area contributed by atoms with E-state index in [0.29, 0.717) is 47.6 Å². The number of hydrogen-bond donors (Lipinski definition) is 2. The molecular weight excluding hydrogens is 544 g/mol. The first kappa shape index (κ1) is 25.0. The fourth-order valence-electron chi connectivity index (χ4n) is 5.83. The summed E-state index contributed by atoms with van der Waals surface area (Å²) in [6.45, 7) is 3.68. The molecule has 0 spiro atoms. The normalized spacial score (nSPS) is 19.4. The van der Waals surface area contributed by atoms with E-state index in [1.165, 1.54) is 24.8 Å². The highest BCUT2D eigenvalue weighted by Crippen LogP contribution is 2.36. The Morgan fingerprint density at radius 3 is 2.61 bits per heavy atom. The van der Waals surface area contributed by atoms with Gasteiger partial charge in [0.15, 0.2) is 11.5 Å². The molecule has 1 saturated carbocycles. The summed E-state index contributed by atoms with van der Waals surface area (Å²) in [5.41, 5.74) is 2.80. The van der Waals surface area contributed by atoms with Crippen molar-refractivity contribution in [2.75, 3.05) is 23.3 Å². The maximum atomic E-state index is 14.0. The Labute approximate surface area is 231 Å². The van der Waals surface area contributed by atoms with Gasteiger partial charge in [-0.1, -0.05) is 55.7 Å². The summed E-state index contributed by atoms with van der Waals surface area (Å²) < 4.78 is 2.65. The lowest BCUT2D eigenvalue weighted by Gasteiger charge is -2.33. The monoisotopic (exact) mass is 576 g/mol. The molecule has 0 unspecified atom stereocenters. The van der Waals surface area contributed by atoms with Crippen LogP contribution in [-0.2, 0) is 13.0 Å². The van der Waals surface area contributed by atoms with Crippen molar-refractivity contribution in [1.82, 2.24) is 14.5 Å². The number of halogens is 1. The van der Waals surface area contributed by atoms with Crippen molar-refractivity contribution in [3.05, 3.63) is 69.8 Å². The van der Waals surface area contributed by atoms with Gasteiger partial charge < -0.3 is 10.4 Å². The van der Waals surface area contributed by atoms with Crippen LogP contribution in [0.15, 0.2) is 58.0 Å². The van der Waals surface area contributed by atoms with Crippen LogP contribution >= 0.6 is 15.9 Å². The van der Waals surface area contributed by atoms with E-state index in [4.69, 9.17) is 9.98 Å². The third kappa shape index (κ3) is 4.68. The third-order valence-electron chi connectivity index (χ3n) is 7.75. The minimum absolute atomic E-state index is 0.0492. The molecule has 1 aliphatic carbocycles. The first-order valence-electron chi connectivity index (χ1n) is 13.6. The summed E-state index contributed by atoms with van der Waals surface area (Å²) in [5, 5.41) is 13.7. The van der Waals surface area contributed by atoms with E-state index >= 15 is 0 Å². The van der Waals surface area contributed by atoms with Crippen molar-refractivity contribution in [3.8, 4) is 5.75 Å². The number of hydrogen-bond acceptors (Lipinski definition) is 6. The number of amides is 1. The Balaban J connectivity index is 1.39. The number of phenols is 1. The number of nitrogens with zero attached hydrogens (tertiary/aromatic N) is 5. The van der Waals surface area contributed by atoms with Gasteiger partial charge in [-0.25, -0.2) is 4.99 Å². The van der Waals surface area contributed by atoms with Gasteiger partial charge in [0.2, 0.25) is 11.9 Å². The molecule has 0 saturated heterocycles. The van der Waals surface area contributed by atoms with Crippen LogP contribution < -0.4 is 10.2 Å². The average Bonchev–Trinajstić information content (AvgIpc) is 3.49. The predicted molar refractivity (Wildman–Crippen MR) is 153 cm³/mol. The van der Waals surface area contributed by atoms with Crippen molar-refractivity contribution in [2.45, 2.75) is 64.1 Å². The number of rotatable bonds is 7. The zero-order valence-corrected chi connectivity index (χ0v) is 23.2. The number of aromatic hydroxyl groups is 1. The van der Waals surface area contributed by atoms with Gasteiger partial charge in [0.05, 0.1) is 23.6 Å². The molecule has 1 aromatic heterocycles. The standard InChI is InChI=1S/C29H33BrN6O2/c1-2-34-27(38)25-26(36-18-22(32-29(34)36)15-19-9-5-3-6-10-19)33-28(31-21-11-7-4-8-12-21)35(25)17-20-13-14-24(37)23(30)16-20/h3,5-6,9-10,13-14,16,21-22,37H,2,4,7-8,11-12,15,17-18H2,1H3,(H,31,33)/t22-/m1/s1. The number of phenolic OH excluding ortho intramolecular Hbond substituents is 1. The van der Waals surface area contributed by atoms with E-state index in [2.05, 4.69) is 50.4 Å². The molecule has 0 bridgehead atoms. The molecule has 0 radical (unpaired) electrons. The maximum absolute atomic E-state index is 14.0. The van der Waals surface area contributed by atoms with Crippen molar-refractivity contribution < 1.29 is 9.90 Å². The summed E-state index contributed by atoms with van der Waals surface area (Å²) in [6, 6.07) is 16.2. The first-order chi connectivity index (χ1) is 18.5. The summed E-state index contributed by atoms with van der Waals surface area (Å²) in [6.07, 6.45) is 6.70. The van der Waals surface area contributed by atoms with Crippen LogP contribution in [0.4, 0.5) is 11.8 Å². The fraction of sp³-hybridized carbons (Fsp3) is 0.414. The molecule has 2 aliphatic heterocycles. The average molecular weight is 578 g/mol. The van der Waals surface area contributed by atoms with Crippen LogP contribution in [0.1, 0.15) is 60.6 Å². The molecule has 3 heterocycles.